The average Bonchev–Trinajstić information content (AvgIpc) is 3.76. The van der Waals surface area contributed by atoms with E-state index in [2.05, 4.69) is 5.43 Å². The number of hydrogen-bond acceptors (Lipinski definition) is 7. The molecule has 6 unspecified atom stereocenters. The Hall–Kier alpha value is -4.87. The highest BCUT2D eigenvalue weighted by molar-refractivity contribution is 7.09. The van der Waals surface area contributed by atoms with Crippen LogP contribution in [0.5, 0.6) is 5.75 Å². The van der Waals surface area contributed by atoms with E-state index in [1.165, 1.54) is 52.6 Å². The van der Waals surface area contributed by atoms with E-state index in [1.54, 1.807) is 24.3 Å². The van der Waals surface area contributed by atoms with Crippen LogP contribution < -0.4 is 5.43 Å². The average molecular weight is 700 g/mol. The van der Waals surface area contributed by atoms with Gasteiger partial charge in [0.1, 0.15) is 5.82 Å². The molecule has 6 atom stereocenters. The summed E-state index contributed by atoms with van der Waals surface area (Å²) in [6.07, 6.45) is 2.05. The Bertz CT molecular complexity index is 2050. The molecule has 2 saturated heterocycles. The lowest BCUT2D eigenvalue weighted by molar-refractivity contribution is -0.141. The van der Waals surface area contributed by atoms with Crippen molar-refractivity contribution in [3.8, 4) is 5.75 Å². The van der Waals surface area contributed by atoms with Crippen LogP contribution in [0.1, 0.15) is 34.8 Å². The molecule has 248 valence electrons. The number of halogens is 3. The van der Waals surface area contributed by atoms with Gasteiger partial charge in [0.05, 0.1) is 35.4 Å². The van der Waals surface area contributed by atoms with E-state index in [0.29, 0.717) is 16.2 Å². The molecular formula is C37H28ClF2N3O5S. The maximum absolute atomic E-state index is 15.2. The molecule has 3 aromatic carbocycles. The van der Waals surface area contributed by atoms with Gasteiger partial charge in [-0.1, -0.05) is 53.6 Å². The second kappa shape index (κ2) is 11.6. The number of thiophene rings is 1. The molecule has 12 heteroatoms. The van der Waals surface area contributed by atoms with Crippen LogP contribution in [0.25, 0.3) is 0 Å². The van der Waals surface area contributed by atoms with Crippen LogP contribution in [0.3, 0.4) is 0 Å². The third kappa shape index (κ3) is 4.66. The highest BCUT2D eigenvalue weighted by atomic mass is 35.5. The van der Waals surface area contributed by atoms with Crippen LogP contribution >= 0.6 is 22.9 Å². The summed E-state index contributed by atoms with van der Waals surface area (Å²) in [5, 5.41) is 14.5. The Morgan fingerprint density at radius 3 is 2.37 bits per heavy atom. The highest BCUT2D eigenvalue weighted by Crippen LogP contribution is 2.65. The fourth-order valence-corrected chi connectivity index (χ4v) is 9.36. The molecule has 0 bridgehead atoms. The van der Waals surface area contributed by atoms with E-state index in [0.717, 1.165) is 16.0 Å². The lowest BCUT2D eigenvalue weighted by Gasteiger charge is -2.50. The summed E-state index contributed by atoms with van der Waals surface area (Å²) in [4.78, 5) is 59.8. The standard InChI is InChI=1S/C37H28ClF2N3O5S/c38-20-8-6-19(7-9-20)37-28(34(46)43(36(37)48)41-22-12-10-21(39)11-13-22)17-27-24(31(37)26-4-1-5-29(40)32(26)44)14-15-25-30(27)35(47)42(33(25)45)18-23-3-2-16-49-23/h1-14,16,25,27-28,30-31,41,44H,15,17-18H2. The molecule has 4 aliphatic rings. The largest absolute Gasteiger partial charge is 0.505 e. The van der Waals surface area contributed by atoms with Gasteiger partial charge in [0.25, 0.3) is 11.8 Å². The van der Waals surface area contributed by atoms with Crippen LogP contribution in [0.4, 0.5) is 14.5 Å². The van der Waals surface area contributed by atoms with Gasteiger partial charge in [-0.05, 0) is 78.2 Å². The van der Waals surface area contributed by atoms with Crippen molar-refractivity contribution in [1.29, 1.82) is 0 Å². The van der Waals surface area contributed by atoms with Crippen molar-refractivity contribution in [3.05, 3.63) is 129 Å². The Morgan fingerprint density at radius 2 is 1.65 bits per heavy atom. The van der Waals surface area contributed by atoms with E-state index in [-0.39, 0.29) is 42.5 Å². The molecular weight excluding hydrogens is 672 g/mol. The molecule has 2 aliphatic heterocycles. The number of para-hydroxylation sites is 1. The Labute approximate surface area is 288 Å². The van der Waals surface area contributed by atoms with Crippen LogP contribution in [0, 0.1) is 35.3 Å². The summed E-state index contributed by atoms with van der Waals surface area (Å²) in [6.45, 7) is 0.128. The van der Waals surface area contributed by atoms with Crippen molar-refractivity contribution >= 4 is 52.3 Å². The maximum Gasteiger partial charge on any atom is 0.260 e. The first-order chi connectivity index (χ1) is 23.6. The molecule has 8 rings (SSSR count). The first-order valence-electron chi connectivity index (χ1n) is 15.8. The number of nitrogens with one attached hydrogen (secondary N) is 1. The van der Waals surface area contributed by atoms with Gasteiger partial charge in [0.15, 0.2) is 11.6 Å². The second-order valence-electron chi connectivity index (χ2n) is 12.9. The number of phenolic OH excluding ortho intramolecular Hbond substituents is 1. The zero-order valence-electron chi connectivity index (χ0n) is 25.7. The minimum atomic E-state index is -1.72. The number of aromatic hydroxyl groups is 1. The molecule has 2 aliphatic carbocycles. The number of carbonyl (C=O) groups is 4. The predicted octanol–water partition coefficient (Wildman–Crippen LogP) is 6.57. The number of hydrazine groups is 1. The number of amides is 4. The summed E-state index contributed by atoms with van der Waals surface area (Å²) >= 11 is 7.73. The van der Waals surface area contributed by atoms with Crippen LogP contribution in [-0.4, -0.2) is 38.6 Å². The zero-order chi connectivity index (χ0) is 34.2. The van der Waals surface area contributed by atoms with Gasteiger partial charge in [-0.2, -0.15) is 5.01 Å². The number of rotatable bonds is 6. The first kappa shape index (κ1) is 31.4. The minimum Gasteiger partial charge on any atom is -0.505 e. The summed E-state index contributed by atoms with van der Waals surface area (Å²) in [7, 11) is 0. The van der Waals surface area contributed by atoms with Crippen molar-refractivity contribution in [2.24, 2.45) is 23.7 Å². The normalized spacial score (nSPS) is 27.6. The first-order valence-corrected chi connectivity index (χ1v) is 17.1. The minimum absolute atomic E-state index is 0.0280. The van der Waals surface area contributed by atoms with Crippen molar-refractivity contribution in [3.63, 3.8) is 0 Å². The molecule has 8 nitrogen and oxygen atoms in total. The van der Waals surface area contributed by atoms with Gasteiger partial charge < -0.3 is 5.11 Å². The van der Waals surface area contributed by atoms with E-state index in [4.69, 9.17) is 11.6 Å². The van der Waals surface area contributed by atoms with E-state index < -0.39 is 64.2 Å². The van der Waals surface area contributed by atoms with Crippen LogP contribution in [0.2, 0.25) is 5.02 Å². The lowest BCUT2D eigenvalue weighted by atomic mass is 9.49. The van der Waals surface area contributed by atoms with Gasteiger partial charge in [-0.25, -0.2) is 8.78 Å². The molecule has 3 fully saturated rings. The lowest BCUT2D eigenvalue weighted by Crippen LogP contribution is -2.53. The van der Waals surface area contributed by atoms with Crippen molar-refractivity contribution in [2.75, 3.05) is 5.43 Å². The van der Waals surface area contributed by atoms with E-state index >= 15 is 9.18 Å². The van der Waals surface area contributed by atoms with E-state index in [9.17, 15) is 23.9 Å². The monoisotopic (exact) mass is 699 g/mol. The number of anilines is 1. The summed E-state index contributed by atoms with van der Waals surface area (Å²) in [5.41, 5.74) is 2.47. The second-order valence-corrected chi connectivity index (χ2v) is 14.4. The fraction of sp³-hybridized carbons (Fsp3) is 0.243. The predicted molar refractivity (Wildman–Crippen MR) is 177 cm³/mol. The van der Waals surface area contributed by atoms with Gasteiger partial charge in [-0.3, -0.25) is 29.5 Å². The van der Waals surface area contributed by atoms with Gasteiger partial charge >= 0.3 is 0 Å². The van der Waals surface area contributed by atoms with Crippen molar-refractivity contribution < 1.29 is 33.1 Å². The highest BCUT2D eigenvalue weighted by Gasteiger charge is 2.70. The number of phenols is 1. The zero-order valence-corrected chi connectivity index (χ0v) is 27.3. The molecule has 49 heavy (non-hydrogen) atoms. The number of fused-ring (bicyclic) bond motifs is 4. The number of hydrogen-bond donors (Lipinski definition) is 2. The van der Waals surface area contributed by atoms with Crippen molar-refractivity contribution in [2.45, 2.75) is 30.7 Å². The quantitative estimate of drug-likeness (QED) is 0.174. The van der Waals surface area contributed by atoms with Gasteiger partial charge in [-0.15, -0.1) is 11.3 Å². The van der Waals surface area contributed by atoms with Crippen molar-refractivity contribution in [1.82, 2.24) is 9.91 Å². The van der Waals surface area contributed by atoms with Gasteiger partial charge in [0, 0.05) is 21.4 Å². The number of nitrogens with zero attached hydrogens (tertiary/aromatic N) is 2. The number of benzene rings is 3. The topological polar surface area (TPSA) is 107 Å². The number of imide groups is 2. The Kier molecular flexibility index (Phi) is 7.45. The third-order valence-electron chi connectivity index (χ3n) is 10.6. The number of likely N-dealkylation sites (tertiary alicyclic amines) is 1. The fourth-order valence-electron chi connectivity index (χ4n) is 8.54. The molecule has 3 heterocycles. The number of allylic oxidation sites excluding steroid dienone is 2. The Morgan fingerprint density at radius 1 is 0.898 bits per heavy atom. The van der Waals surface area contributed by atoms with E-state index in [1.807, 2.05) is 23.6 Å². The smallest absolute Gasteiger partial charge is 0.260 e. The van der Waals surface area contributed by atoms with Gasteiger partial charge in [0.2, 0.25) is 11.8 Å². The maximum atomic E-state index is 15.2. The molecule has 0 spiro atoms. The summed E-state index contributed by atoms with van der Waals surface area (Å²) < 4.78 is 29.0. The van der Waals surface area contributed by atoms with Crippen LogP contribution in [0.15, 0.2) is 95.9 Å². The summed E-state index contributed by atoms with van der Waals surface area (Å²) in [5.74, 6) is -8.44. The molecule has 4 aromatic rings. The summed E-state index contributed by atoms with van der Waals surface area (Å²) in [6, 6.07) is 19.4. The molecule has 0 radical (unpaired) electrons. The molecule has 2 N–H and O–H groups in total. The van der Waals surface area contributed by atoms with Crippen LogP contribution in [-0.2, 0) is 31.1 Å². The number of carbonyl (C=O) groups excluding carboxylic acids is 4. The molecule has 4 amide bonds. The molecule has 1 saturated carbocycles. The molecule has 1 aromatic heterocycles. The third-order valence-corrected chi connectivity index (χ3v) is 11.7. The SMILES string of the molecule is O=C1C2CC=C3C(CC4C(=O)N(Nc5ccc(F)cc5)C(=O)C4(c4ccc(Cl)cc4)C3c3cccc(F)c3O)C2C(=O)N1Cc1cccs1. The Balaban J connectivity index is 1.32.